The summed E-state index contributed by atoms with van der Waals surface area (Å²) in [6, 6.07) is 8.46. The van der Waals surface area contributed by atoms with Crippen LogP contribution in [0.1, 0.15) is 5.56 Å². The van der Waals surface area contributed by atoms with Gasteiger partial charge in [0.15, 0.2) is 18.1 Å². The van der Waals surface area contributed by atoms with Gasteiger partial charge in [-0.05, 0) is 36.4 Å². The van der Waals surface area contributed by atoms with Gasteiger partial charge in [0.25, 0.3) is 11.8 Å². The Labute approximate surface area is 189 Å². The molecule has 2 aliphatic heterocycles. The van der Waals surface area contributed by atoms with Crippen molar-refractivity contribution in [2.45, 2.75) is 0 Å². The van der Waals surface area contributed by atoms with Gasteiger partial charge in [0.2, 0.25) is 6.79 Å². The Hall–Kier alpha value is -3.86. The number of carbonyl (C=O) groups excluding carboxylic acids is 4. The summed E-state index contributed by atoms with van der Waals surface area (Å²) in [5, 5.41) is 2.15. The number of ether oxygens (including phenoxy) is 4. The first-order valence-corrected chi connectivity index (χ1v) is 9.97. The second-order valence-corrected chi connectivity index (χ2v) is 7.46. The van der Waals surface area contributed by atoms with Crippen molar-refractivity contribution in [3.05, 3.63) is 52.0 Å². The fraction of sp³-hybridized carbons (Fsp3) is 0.143. The number of methoxy groups -OCH3 is 1. The van der Waals surface area contributed by atoms with Gasteiger partial charge in [0.05, 0.1) is 12.8 Å². The molecular formula is C21H15BrN2O8. The molecule has 0 bridgehead atoms. The maximum atomic E-state index is 13.1. The average molecular weight is 503 g/mol. The number of nitrogens with one attached hydrogen (secondary N) is 1. The third kappa shape index (κ3) is 4.14. The first-order valence-electron chi connectivity index (χ1n) is 9.17. The first kappa shape index (κ1) is 21.4. The van der Waals surface area contributed by atoms with E-state index >= 15 is 0 Å². The average Bonchev–Trinajstić information content (AvgIpc) is 3.23. The number of imide groups is 2. The van der Waals surface area contributed by atoms with Crippen molar-refractivity contribution >= 4 is 51.5 Å². The van der Waals surface area contributed by atoms with Crippen molar-refractivity contribution in [2.24, 2.45) is 0 Å². The lowest BCUT2D eigenvalue weighted by Crippen LogP contribution is -2.54. The van der Waals surface area contributed by atoms with Crippen LogP contribution in [0.3, 0.4) is 0 Å². The molecule has 2 heterocycles. The molecule has 1 saturated heterocycles. The van der Waals surface area contributed by atoms with E-state index in [1.165, 1.54) is 25.3 Å². The van der Waals surface area contributed by atoms with E-state index in [2.05, 4.69) is 26.0 Å². The summed E-state index contributed by atoms with van der Waals surface area (Å²) >= 11 is 3.32. The van der Waals surface area contributed by atoms with E-state index in [4.69, 9.17) is 14.2 Å². The highest BCUT2D eigenvalue weighted by Gasteiger charge is 2.37. The summed E-state index contributed by atoms with van der Waals surface area (Å²) in [6.07, 6.45) is 1.28. The lowest BCUT2D eigenvalue weighted by molar-refractivity contribution is -0.143. The molecule has 2 aromatic carbocycles. The van der Waals surface area contributed by atoms with E-state index < -0.39 is 23.8 Å². The molecule has 32 heavy (non-hydrogen) atoms. The Morgan fingerprint density at radius 2 is 1.94 bits per heavy atom. The van der Waals surface area contributed by atoms with E-state index in [1.807, 2.05) is 0 Å². The minimum Gasteiger partial charge on any atom is -0.481 e. The number of hydrogen-bond acceptors (Lipinski definition) is 8. The van der Waals surface area contributed by atoms with Crippen molar-refractivity contribution in [2.75, 3.05) is 25.4 Å². The molecule has 0 radical (unpaired) electrons. The molecule has 1 N–H and O–H groups in total. The van der Waals surface area contributed by atoms with E-state index in [0.717, 1.165) is 4.90 Å². The van der Waals surface area contributed by atoms with Crippen molar-refractivity contribution in [1.29, 1.82) is 0 Å². The third-order valence-corrected chi connectivity index (χ3v) is 5.05. The van der Waals surface area contributed by atoms with Crippen LogP contribution in [-0.4, -0.2) is 44.3 Å². The minimum absolute atomic E-state index is 0.0276. The molecule has 0 spiro atoms. The second-order valence-electron chi connectivity index (χ2n) is 6.54. The highest BCUT2D eigenvalue weighted by atomic mass is 79.9. The molecule has 2 aliphatic rings. The van der Waals surface area contributed by atoms with Crippen LogP contribution in [0.25, 0.3) is 6.08 Å². The molecule has 4 amide bonds. The number of anilines is 1. The number of fused-ring (bicyclic) bond motifs is 1. The van der Waals surface area contributed by atoms with E-state index in [9.17, 15) is 19.2 Å². The minimum atomic E-state index is -0.896. The number of benzene rings is 2. The molecule has 10 nitrogen and oxygen atoms in total. The van der Waals surface area contributed by atoms with E-state index in [1.54, 1.807) is 24.3 Å². The number of carbonyl (C=O) groups is 4. The molecule has 0 saturated carbocycles. The van der Waals surface area contributed by atoms with E-state index in [-0.39, 0.29) is 30.4 Å². The number of esters is 1. The Morgan fingerprint density at radius 3 is 2.72 bits per heavy atom. The van der Waals surface area contributed by atoms with Crippen molar-refractivity contribution < 1.29 is 38.1 Å². The van der Waals surface area contributed by atoms with E-state index in [0.29, 0.717) is 21.5 Å². The van der Waals surface area contributed by atoms with Gasteiger partial charge in [-0.3, -0.25) is 14.9 Å². The summed E-state index contributed by atoms with van der Waals surface area (Å²) in [5.74, 6) is -1.22. The number of rotatable bonds is 5. The van der Waals surface area contributed by atoms with Gasteiger partial charge in [-0.25, -0.2) is 14.5 Å². The quantitative estimate of drug-likeness (QED) is 0.375. The van der Waals surface area contributed by atoms with Gasteiger partial charge < -0.3 is 18.9 Å². The normalized spacial score (nSPS) is 16.2. The largest absolute Gasteiger partial charge is 0.481 e. The van der Waals surface area contributed by atoms with Gasteiger partial charge >= 0.3 is 12.0 Å². The summed E-state index contributed by atoms with van der Waals surface area (Å²) < 4.78 is 21.2. The Bertz CT molecular complexity index is 1180. The Morgan fingerprint density at radius 1 is 1.16 bits per heavy atom. The number of amides is 4. The molecule has 0 unspecified atom stereocenters. The molecular weight excluding hydrogens is 488 g/mol. The highest BCUT2D eigenvalue weighted by molar-refractivity contribution is 9.10. The molecule has 11 heteroatoms. The van der Waals surface area contributed by atoms with Gasteiger partial charge in [-0.2, -0.15) is 0 Å². The predicted octanol–water partition coefficient (Wildman–Crippen LogP) is 2.40. The predicted molar refractivity (Wildman–Crippen MR) is 113 cm³/mol. The zero-order valence-electron chi connectivity index (χ0n) is 16.5. The molecule has 0 aromatic heterocycles. The smallest absolute Gasteiger partial charge is 0.343 e. The SMILES string of the molecule is COC(=O)COc1ccc(Br)cc1/C=C1\C(=O)NC(=O)N(c2ccc3c(c2)OCO3)C1=O. The number of halogens is 1. The summed E-state index contributed by atoms with van der Waals surface area (Å²) in [6.45, 7) is -0.337. The zero-order valence-corrected chi connectivity index (χ0v) is 18.1. The monoisotopic (exact) mass is 502 g/mol. The van der Waals surface area contributed by atoms with Crippen LogP contribution < -0.4 is 24.4 Å². The summed E-state index contributed by atoms with van der Waals surface area (Å²) in [5.41, 5.74) is 0.233. The topological polar surface area (TPSA) is 120 Å². The lowest BCUT2D eigenvalue weighted by Gasteiger charge is -2.26. The molecule has 0 atom stereocenters. The van der Waals surface area contributed by atoms with Crippen LogP contribution in [-0.2, 0) is 19.1 Å². The number of nitrogens with zero attached hydrogens (tertiary/aromatic N) is 1. The highest BCUT2D eigenvalue weighted by Crippen LogP contribution is 2.36. The fourth-order valence-corrected chi connectivity index (χ4v) is 3.41. The van der Waals surface area contributed by atoms with Gasteiger partial charge in [0, 0.05) is 16.1 Å². The Kier molecular flexibility index (Phi) is 5.82. The standard InChI is InChI=1S/C21H15BrN2O8/c1-29-18(25)9-30-15-4-2-12(22)6-11(15)7-14-19(26)23-21(28)24(20(14)27)13-3-5-16-17(8-13)32-10-31-16/h2-8H,9-10H2,1H3,(H,23,26,28)/b14-7+. The molecule has 164 valence electrons. The van der Waals surface area contributed by atoms with Crippen molar-refractivity contribution in [3.8, 4) is 17.2 Å². The number of hydrogen-bond donors (Lipinski definition) is 1. The van der Waals surface area contributed by atoms with Crippen molar-refractivity contribution in [1.82, 2.24) is 5.32 Å². The number of barbiturate groups is 1. The summed E-state index contributed by atoms with van der Waals surface area (Å²) in [4.78, 5) is 50.3. The van der Waals surface area contributed by atoms with Crippen LogP contribution in [0.4, 0.5) is 10.5 Å². The zero-order chi connectivity index (χ0) is 22.8. The Balaban J connectivity index is 1.69. The number of urea groups is 1. The summed E-state index contributed by atoms with van der Waals surface area (Å²) in [7, 11) is 1.23. The molecule has 4 rings (SSSR count). The maximum absolute atomic E-state index is 13.1. The molecule has 0 aliphatic carbocycles. The molecule has 2 aromatic rings. The van der Waals surface area contributed by atoms with Crippen LogP contribution in [0.15, 0.2) is 46.4 Å². The fourth-order valence-electron chi connectivity index (χ4n) is 3.03. The van der Waals surface area contributed by atoms with Crippen LogP contribution in [0, 0.1) is 0 Å². The van der Waals surface area contributed by atoms with Gasteiger partial charge in [0.1, 0.15) is 11.3 Å². The maximum Gasteiger partial charge on any atom is 0.343 e. The first-order chi connectivity index (χ1) is 15.4. The van der Waals surface area contributed by atoms with Crippen LogP contribution >= 0.6 is 15.9 Å². The van der Waals surface area contributed by atoms with Crippen LogP contribution in [0.2, 0.25) is 0 Å². The van der Waals surface area contributed by atoms with Gasteiger partial charge in [-0.15, -0.1) is 0 Å². The second kappa shape index (κ2) is 8.71. The van der Waals surface area contributed by atoms with Crippen molar-refractivity contribution in [3.63, 3.8) is 0 Å². The third-order valence-electron chi connectivity index (χ3n) is 4.56. The molecule has 1 fully saturated rings. The lowest BCUT2D eigenvalue weighted by atomic mass is 10.1. The van der Waals surface area contributed by atoms with Gasteiger partial charge in [-0.1, -0.05) is 15.9 Å². The van der Waals surface area contributed by atoms with Crippen LogP contribution in [0.5, 0.6) is 17.2 Å².